The van der Waals surface area contributed by atoms with Gasteiger partial charge < -0.3 is 4.57 Å². The van der Waals surface area contributed by atoms with Crippen LogP contribution in [0.1, 0.15) is 16.7 Å². The van der Waals surface area contributed by atoms with E-state index in [0.717, 1.165) is 17.9 Å². The molecule has 0 atom stereocenters. The van der Waals surface area contributed by atoms with E-state index in [1.165, 1.54) is 27.8 Å². The van der Waals surface area contributed by atoms with Gasteiger partial charge in [-0.1, -0.05) is 66.2 Å². The molecule has 4 rings (SSSR count). The van der Waals surface area contributed by atoms with E-state index in [0.29, 0.717) is 0 Å². The maximum absolute atomic E-state index is 4.93. The SMILES string of the molecule is Cc1cccc(Cn2c(-c3ccccc3C)nc3ccccc32)c1. The van der Waals surface area contributed by atoms with Crippen molar-refractivity contribution in [1.82, 2.24) is 9.55 Å². The summed E-state index contributed by atoms with van der Waals surface area (Å²) in [5.41, 5.74) is 7.25. The number of hydrogen-bond acceptors (Lipinski definition) is 1. The first-order valence-corrected chi connectivity index (χ1v) is 8.29. The maximum atomic E-state index is 4.93. The van der Waals surface area contributed by atoms with Crippen molar-refractivity contribution in [3.8, 4) is 11.4 Å². The molecule has 0 fully saturated rings. The van der Waals surface area contributed by atoms with Crippen molar-refractivity contribution in [3.05, 3.63) is 89.5 Å². The zero-order valence-corrected chi connectivity index (χ0v) is 14.0. The van der Waals surface area contributed by atoms with Crippen LogP contribution in [0.2, 0.25) is 0 Å². The quantitative estimate of drug-likeness (QED) is 0.497. The zero-order chi connectivity index (χ0) is 16.5. The number of rotatable bonds is 3. The first-order chi connectivity index (χ1) is 11.7. The largest absolute Gasteiger partial charge is 0.319 e. The highest BCUT2D eigenvalue weighted by Gasteiger charge is 2.14. The lowest BCUT2D eigenvalue weighted by molar-refractivity contribution is 0.832. The number of aromatic nitrogens is 2. The molecule has 0 saturated carbocycles. The van der Waals surface area contributed by atoms with Crippen LogP contribution in [0, 0.1) is 13.8 Å². The van der Waals surface area contributed by atoms with Gasteiger partial charge in [0.1, 0.15) is 5.82 Å². The summed E-state index contributed by atoms with van der Waals surface area (Å²) < 4.78 is 2.33. The monoisotopic (exact) mass is 312 g/mol. The number of benzene rings is 3. The normalized spacial score (nSPS) is 11.1. The summed E-state index contributed by atoms with van der Waals surface area (Å²) in [6, 6.07) is 25.5. The summed E-state index contributed by atoms with van der Waals surface area (Å²) >= 11 is 0. The van der Waals surface area contributed by atoms with Gasteiger partial charge in [-0.25, -0.2) is 4.98 Å². The van der Waals surface area contributed by atoms with Crippen LogP contribution in [0.4, 0.5) is 0 Å². The molecule has 2 nitrogen and oxygen atoms in total. The average Bonchev–Trinajstić information content (AvgIpc) is 2.94. The van der Waals surface area contributed by atoms with Gasteiger partial charge in [0.15, 0.2) is 0 Å². The van der Waals surface area contributed by atoms with Crippen molar-refractivity contribution in [1.29, 1.82) is 0 Å². The summed E-state index contributed by atoms with van der Waals surface area (Å²) in [7, 11) is 0. The Morgan fingerprint density at radius 3 is 2.46 bits per heavy atom. The van der Waals surface area contributed by atoms with Crippen molar-refractivity contribution in [3.63, 3.8) is 0 Å². The number of hydrogen-bond donors (Lipinski definition) is 0. The van der Waals surface area contributed by atoms with Gasteiger partial charge in [0.25, 0.3) is 0 Å². The lowest BCUT2D eigenvalue weighted by atomic mass is 10.1. The fraction of sp³-hybridized carbons (Fsp3) is 0.136. The van der Waals surface area contributed by atoms with E-state index in [1.807, 2.05) is 6.07 Å². The van der Waals surface area contributed by atoms with E-state index >= 15 is 0 Å². The van der Waals surface area contributed by atoms with Crippen molar-refractivity contribution < 1.29 is 0 Å². The topological polar surface area (TPSA) is 17.8 Å². The van der Waals surface area contributed by atoms with Crippen LogP contribution in [-0.4, -0.2) is 9.55 Å². The lowest BCUT2D eigenvalue weighted by Gasteiger charge is -2.12. The number of aryl methyl sites for hydroxylation is 2. The Balaban J connectivity index is 1.92. The molecule has 1 aromatic heterocycles. The number of fused-ring (bicyclic) bond motifs is 1. The Morgan fingerprint density at radius 2 is 1.62 bits per heavy atom. The second-order valence-corrected chi connectivity index (χ2v) is 6.31. The molecule has 0 aliphatic heterocycles. The Bertz CT molecular complexity index is 1010. The standard InChI is InChI=1S/C22H20N2/c1-16-8-7-10-18(14-16)15-24-21-13-6-5-12-20(21)23-22(24)19-11-4-3-9-17(19)2/h3-14H,15H2,1-2H3. The van der Waals surface area contributed by atoms with Crippen LogP contribution in [0.15, 0.2) is 72.8 Å². The molecular weight excluding hydrogens is 292 g/mol. The van der Waals surface area contributed by atoms with Crippen LogP contribution in [-0.2, 0) is 6.54 Å². The molecule has 4 aromatic rings. The molecule has 0 N–H and O–H groups in total. The summed E-state index contributed by atoms with van der Waals surface area (Å²) in [5.74, 6) is 1.04. The van der Waals surface area contributed by atoms with Crippen LogP contribution in [0.5, 0.6) is 0 Å². The Labute approximate surface area is 142 Å². The minimum atomic E-state index is 0.825. The van der Waals surface area contributed by atoms with E-state index in [2.05, 4.69) is 85.1 Å². The molecule has 0 bridgehead atoms. The molecule has 0 aliphatic rings. The third kappa shape index (κ3) is 2.61. The van der Waals surface area contributed by atoms with Crippen LogP contribution < -0.4 is 0 Å². The molecule has 0 aliphatic carbocycles. The Kier molecular flexibility index (Phi) is 3.66. The van der Waals surface area contributed by atoms with Crippen molar-refractivity contribution >= 4 is 11.0 Å². The molecule has 2 heteroatoms. The van der Waals surface area contributed by atoms with Crippen LogP contribution >= 0.6 is 0 Å². The molecule has 0 radical (unpaired) electrons. The van der Waals surface area contributed by atoms with Gasteiger partial charge in [-0.05, 0) is 37.1 Å². The van der Waals surface area contributed by atoms with Crippen molar-refractivity contribution in [2.24, 2.45) is 0 Å². The fourth-order valence-electron chi connectivity index (χ4n) is 3.26. The average molecular weight is 312 g/mol. The minimum Gasteiger partial charge on any atom is -0.319 e. The summed E-state index contributed by atoms with van der Waals surface area (Å²) in [6.45, 7) is 5.11. The van der Waals surface area contributed by atoms with E-state index in [9.17, 15) is 0 Å². The van der Waals surface area contributed by atoms with Crippen molar-refractivity contribution in [2.45, 2.75) is 20.4 Å². The second kappa shape index (κ2) is 5.97. The predicted octanol–water partition coefficient (Wildman–Crippen LogP) is 5.37. The van der Waals surface area contributed by atoms with Gasteiger partial charge in [-0.2, -0.15) is 0 Å². The van der Waals surface area contributed by atoms with E-state index < -0.39 is 0 Å². The molecule has 0 saturated heterocycles. The molecule has 118 valence electrons. The number of imidazole rings is 1. The highest BCUT2D eigenvalue weighted by molar-refractivity contribution is 5.81. The van der Waals surface area contributed by atoms with Gasteiger partial charge in [0, 0.05) is 12.1 Å². The zero-order valence-electron chi connectivity index (χ0n) is 14.0. The van der Waals surface area contributed by atoms with Gasteiger partial charge in [-0.15, -0.1) is 0 Å². The number of nitrogens with zero attached hydrogens (tertiary/aromatic N) is 2. The number of para-hydroxylation sites is 2. The summed E-state index contributed by atoms with van der Waals surface area (Å²) in [6.07, 6.45) is 0. The lowest BCUT2D eigenvalue weighted by Crippen LogP contribution is -2.03. The molecule has 0 spiro atoms. The van der Waals surface area contributed by atoms with E-state index in [-0.39, 0.29) is 0 Å². The summed E-state index contributed by atoms with van der Waals surface area (Å²) in [4.78, 5) is 4.93. The molecule has 0 unspecified atom stereocenters. The molecule has 1 heterocycles. The molecule has 3 aromatic carbocycles. The maximum Gasteiger partial charge on any atom is 0.141 e. The van der Waals surface area contributed by atoms with E-state index in [1.54, 1.807) is 0 Å². The third-order valence-electron chi connectivity index (χ3n) is 4.46. The van der Waals surface area contributed by atoms with Crippen molar-refractivity contribution in [2.75, 3.05) is 0 Å². The first kappa shape index (κ1) is 14.7. The minimum absolute atomic E-state index is 0.825. The fourth-order valence-corrected chi connectivity index (χ4v) is 3.26. The highest BCUT2D eigenvalue weighted by atomic mass is 15.1. The van der Waals surface area contributed by atoms with Crippen LogP contribution in [0.25, 0.3) is 22.4 Å². The third-order valence-corrected chi connectivity index (χ3v) is 4.46. The molecule has 0 amide bonds. The molecular formula is C22H20N2. The van der Waals surface area contributed by atoms with Crippen LogP contribution in [0.3, 0.4) is 0 Å². The van der Waals surface area contributed by atoms with Gasteiger partial charge >= 0.3 is 0 Å². The van der Waals surface area contributed by atoms with Gasteiger partial charge in [0.2, 0.25) is 0 Å². The Hall–Kier alpha value is -2.87. The first-order valence-electron chi connectivity index (χ1n) is 8.29. The summed E-state index contributed by atoms with van der Waals surface area (Å²) in [5, 5.41) is 0. The smallest absolute Gasteiger partial charge is 0.141 e. The van der Waals surface area contributed by atoms with Gasteiger partial charge in [0.05, 0.1) is 11.0 Å². The molecule has 24 heavy (non-hydrogen) atoms. The second-order valence-electron chi connectivity index (χ2n) is 6.31. The Morgan fingerprint density at radius 1 is 0.833 bits per heavy atom. The highest BCUT2D eigenvalue weighted by Crippen LogP contribution is 2.28. The van der Waals surface area contributed by atoms with E-state index in [4.69, 9.17) is 4.98 Å². The predicted molar refractivity (Wildman–Crippen MR) is 100 cm³/mol. The van der Waals surface area contributed by atoms with Gasteiger partial charge in [-0.3, -0.25) is 0 Å².